The van der Waals surface area contributed by atoms with Gasteiger partial charge in [0.1, 0.15) is 11.6 Å². The molecule has 0 spiro atoms. The fourth-order valence-electron chi connectivity index (χ4n) is 1.98. The van der Waals surface area contributed by atoms with Crippen LogP contribution < -0.4 is 10.1 Å². The van der Waals surface area contributed by atoms with Crippen molar-refractivity contribution in [2.75, 3.05) is 11.9 Å². The van der Waals surface area contributed by atoms with Gasteiger partial charge in [0.15, 0.2) is 0 Å². The number of benzene rings is 1. The highest BCUT2D eigenvalue weighted by Crippen LogP contribution is 2.28. The number of nitrogens with one attached hydrogen (secondary N) is 1. The lowest BCUT2D eigenvalue weighted by atomic mass is 10.1. The molecule has 1 aromatic carbocycles. The number of hydrogen-bond acceptors (Lipinski definition) is 3. The van der Waals surface area contributed by atoms with Gasteiger partial charge in [0.05, 0.1) is 18.3 Å². The molecule has 0 amide bonds. The zero-order chi connectivity index (χ0) is 14.5. The highest BCUT2D eigenvalue weighted by molar-refractivity contribution is 5.53. The third-order valence-electron chi connectivity index (χ3n) is 2.86. The minimum absolute atomic E-state index is 0.00111. The molecule has 2 rings (SSSR count). The van der Waals surface area contributed by atoms with Crippen LogP contribution in [0.5, 0.6) is 5.88 Å². The number of ether oxygens (including phenoxy) is 1. The van der Waals surface area contributed by atoms with Gasteiger partial charge in [-0.2, -0.15) is 0 Å². The molecular weight excluding hydrogens is 262 g/mol. The molecule has 106 valence electrons. The quantitative estimate of drug-likeness (QED) is 0.899. The van der Waals surface area contributed by atoms with E-state index in [1.807, 2.05) is 6.92 Å². The van der Waals surface area contributed by atoms with Crippen molar-refractivity contribution in [2.45, 2.75) is 19.9 Å². The Labute approximate surface area is 116 Å². The highest BCUT2D eigenvalue weighted by Gasteiger charge is 2.17. The number of hydrogen-bond donors (Lipinski definition) is 1. The molecule has 0 aliphatic carbocycles. The van der Waals surface area contributed by atoms with Crippen molar-refractivity contribution in [1.29, 1.82) is 0 Å². The Balaban J connectivity index is 2.26. The largest absolute Gasteiger partial charge is 0.476 e. The first-order valence-corrected chi connectivity index (χ1v) is 6.41. The third-order valence-corrected chi connectivity index (χ3v) is 2.86. The average molecular weight is 278 g/mol. The second kappa shape index (κ2) is 6.32. The van der Waals surface area contributed by atoms with E-state index in [1.54, 1.807) is 25.3 Å². The standard InChI is InChI=1S/C15H16F2N2O/c1-3-20-15-13(8-5-9-18-15)19-10(2)14-11(16)6-4-7-12(14)17/h4-10,19H,3H2,1-2H3. The van der Waals surface area contributed by atoms with E-state index in [2.05, 4.69) is 10.3 Å². The van der Waals surface area contributed by atoms with Crippen LogP contribution in [0.3, 0.4) is 0 Å². The van der Waals surface area contributed by atoms with Crippen LogP contribution in [0, 0.1) is 11.6 Å². The van der Waals surface area contributed by atoms with Gasteiger partial charge in [-0.15, -0.1) is 0 Å². The van der Waals surface area contributed by atoms with Gasteiger partial charge in [0.2, 0.25) is 5.88 Å². The minimum Gasteiger partial charge on any atom is -0.476 e. The minimum atomic E-state index is -0.577. The van der Waals surface area contributed by atoms with Gasteiger partial charge >= 0.3 is 0 Å². The summed E-state index contributed by atoms with van der Waals surface area (Å²) in [7, 11) is 0. The van der Waals surface area contributed by atoms with E-state index in [0.29, 0.717) is 18.2 Å². The maximum absolute atomic E-state index is 13.7. The Morgan fingerprint density at radius 2 is 1.90 bits per heavy atom. The van der Waals surface area contributed by atoms with Gasteiger partial charge in [0, 0.05) is 11.8 Å². The van der Waals surface area contributed by atoms with Gasteiger partial charge in [-0.25, -0.2) is 13.8 Å². The monoisotopic (exact) mass is 278 g/mol. The summed E-state index contributed by atoms with van der Waals surface area (Å²) >= 11 is 0. The molecule has 3 nitrogen and oxygen atoms in total. The van der Waals surface area contributed by atoms with Gasteiger partial charge in [-0.1, -0.05) is 6.07 Å². The van der Waals surface area contributed by atoms with Crippen molar-refractivity contribution in [3.63, 3.8) is 0 Å². The van der Waals surface area contributed by atoms with Gasteiger partial charge in [-0.05, 0) is 38.1 Å². The average Bonchev–Trinajstić information content (AvgIpc) is 2.41. The van der Waals surface area contributed by atoms with Crippen LogP contribution in [0.4, 0.5) is 14.5 Å². The predicted octanol–water partition coefficient (Wildman–Crippen LogP) is 3.93. The third kappa shape index (κ3) is 3.04. The SMILES string of the molecule is CCOc1ncccc1NC(C)c1c(F)cccc1F. The summed E-state index contributed by atoms with van der Waals surface area (Å²) in [6, 6.07) is 6.77. The summed E-state index contributed by atoms with van der Waals surface area (Å²) in [4.78, 5) is 4.09. The number of aromatic nitrogens is 1. The summed E-state index contributed by atoms with van der Waals surface area (Å²) in [5.74, 6) is -0.739. The summed E-state index contributed by atoms with van der Waals surface area (Å²) in [6.45, 7) is 4.00. The van der Waals surface area contributed by atoms with Crippen molar-refractivity contribution < 1.29 is 13.5 Å². The predicted molar refractivity (Wildman–Crippen MR) is 73.8 cm³/mol. The molecule has 5 heteroatoms. The van der Waals surface area contributed by atoms with E-state index < -0.39 is 17.7 Å². The first kappa shape index (κ1) is 14.2. The number of pyridine rings is 1. The zero-order valence-corrected chi connectivity index (χ0v) is 11.4. The first-order chi connectivity index (χ1) is 9.63. The molecule has 1 atom stereocenters. The molecular formula is C15H16F2N2O. The molecule has 0 radical (unpaired) electrons. The Hall–Kier alpha value is -2.17. The number of rotatable bonds is 5. The fraction of sp³-hybridized carbons (Fsp3) is 0.267. The smallest absolute Gasteiger partial charge is 0.237 e. The molecule has 0 saturated heterocycles. The molecule has 0 saturated carbocycles. The topological polar surface area (TPSA) is 34.1 Å². The van der Waals surface area contributed by atoms with Crippen LogP contribution in [0.2, 0.25) is 0 Å². The van der Waals surface area contributed by atoms with Crippen LogP contribution in [0.25, 0.3) is 0 Å². The maximum Gasteiger partial charge on any atom is 0.237 e. The maximum atomic E-state index is 13.7. The van der Waals surface area contributed by atoms with Crippen molar-refractivity contribution >= 4 is 5.69 Å². The van der Waals surface area contributed by atoms with E-state index in [-0.39, 0.29) is 5.56 Å². The molecule has 0 bridgehead atoms. The summed E-state index contributed by atoms with van der Waals surface area (Å²) in [5.41, 5.74) is 0.600. The van der Waals surface area contributed by atoms with Crippen molar-refractivity contribution in [3.8, 4) is 5.88 Å². The normalized spacial score (nSPS) is 12.0. The number of nitrogens with zero attached hydrogens (tertiary/aromatic N) is 1. The zero-order valence-electron chi connectivity index (χ0n) is 11.4. The molecule has 1 N–H and O–H groups in total. The first-order valence-electron chi connectivity index (χ1n) is 6.41. The lowest BCUT2D eigenvalue weighted by molar-refractivity contribution is 0.328. The molecule has 1 aromatic heterocycles. The molecule has 2 aromatic rings. The molecule has 0 fully saturated rings. The molecule has 20 heavy (non-hydrogen) atoms. The van der Waals surface area contributed by atoms with E-state index in [0.717, 1.165) is 0 Å². The van der Waals surface area contributed by atoms with Gasteiger partial charge in [0.25, 0.3) is 0 Å². The second-order valence-corrected chi connectivity index (χ2v) is 4.29. The molecule has 0 aliphatic rings. The van der Waals surface area contributed by atoms with E-state index >= 15 is 0 Å². The van der Waals surface area contributed by atoms with Crippen LogP contribution >= 0.6 is 0 Å². The van der Waals surface area contributed by atoms with Gasteiger partial charge < -0.3 is 10.1 Å². The van der Waals surface area contributed by atoms with Crippen molar-refractivity contribution in [3.05, 3.63) is 53.7 Å². The summed E-state index contributed by atoms with van der Waals surface area (Å²) in [6.07, 6.45) is 1.60. The number of halogens is 2. The lowest BCUT2D eigenvalue weighted by Crippen LogP contribution is -2.12. The molecule has 0 aliphatic heterocycles. The number of anilines is 1. The Morgan fingerprint density at radius 1 is 1.20 bits per heavy atom. The molecule has 1 heterocycles. The Bertz CT molecular complexity index is 570. The van der Waals surface area contributed by atoms with Crippen molar-refractivity contribution in [2.24, 2.45) is 0 Å². The van der Waals surface area contributed by atoms with Crippen LogP contribution in [-0.4, -0.2) is 11.6 Å². The van der Waals surface area contributed by atoms with E-state index in [9.17, 15) is 8.78 Å². The Morgan fingerprint density at radius 3 is 2.55 bits per heavy atom. The van der Waals surface area contributed by atoms with Gasteiger partial charge in [-0.3, -0.25) is 0 Å². The second-order valence-electron chi connectivity index (χ2n) is 4.29. The van der Waals surface area contributed by atoms with E-state index in [4.69, 9.17) is 4.74 Å². The van der Waals surface area contributed by atoms with Crippen LogP contribution in [-0.2, 0) is 0 Å². The molecule has 1 unspecified atom stereocenters. The Kier molecular flexibility index (Phi) is 4.50. The van der Waals surface area contributed by atoms with E-state index in [1.165, 1.54) is 18.2 Å². The van der Waals surface area contributed by atoms with Crippen molar-refractivity contribution in [1.82, 2.24) is 4.98 Å². The highest BCUT2D eigenvalue weighted by atomic mass is 19.1. The summed E-state index contributed by atoms with van der Waals surface area (Å²) in [5, 5.41) is 3.03. The van der Waals surface area contributed by atoms with Crippen LogP contribution in [0.1, 0.15) is 25.5 Å². The lowest BCUT2D eigenvalue weighted by Gasteiger charge is -2.18. The van der Waals surface area contributed by atoms with Crippen LogP contribution in [0.15, 0.2) is 36.5 Å². The fourth-order valence-corrected chi connectivity index (χ4v) is 1.98. The summed E-state index contributed by atoms with van der Waals surface area (Å²) < 4.78 is 32.8.